The van der Waals surface area contributed by atoms with Crippen molar-refractivity contribution in [2.24, 2.45) is 0 Å². The van der Waals surface area contributed by atoms with Crippen molar-refractivity contribution in [3.8, 4) is 5.75 Å². The van der Waals surface area contributed by atoms with E-state index >= 15 is 0 Å². The number of hydrogen-bond donors (Lipinski definition) is 1. The maximum absolute atomic E-state index is 12.4. The normalized spacial score (nSPS) is 10.2. The van der Waals surface area contributed by atoms with E-state index in [9.17, 15) is 4.79 Å². The summed E-state index contributed by atoms with van der Waals surface area (Å²) in [7, 11) is 1.58. The van der Waals surface area contributed by atoms with Crippen LogP contribution in [-0.2, 0) is 0 Å². The van der Waals surface area contributed by atoms with Crippen LogP contribution in [0.15, 0.2) is 51.8 Å². The molecule has 0 unspecified atom stereocenters. The molecule has 2 aromatic carbocycles. The molecule has 1 amide bonds. The molecule has 0 bridgehead atoms. The zero-order chi connectivity index (χ0) is 14.5. The number of rotatable bonds is 4. The van der Waals surface area contributed by atoms with Gasteiger partial charge >= 0.3 is 0 Å². The first-order valence-electron chi connectivity index (χ1n) is 5.93. The molecule has 2 aromatic rings. The first kappa shape index (κ1) is 14.9. The van der Waals surface area contributed by atoms with E-state index in [0.717, 1.165) is 9.37 Å². The van der Waals surface area contributed by atoms with E-state index in [4.69, 9.17) is 4.74 Å². The van der Waals surface area contributed by atoms with Crippen LogP contribution in [-0.4, -0.2) is 19.3 Å². The number of ether oxygens (including phenoxy) is 1. The van der Waals surface area contributed by atoms with E-state index in [-0.39, 0.29) is 5.91 Å². The van der Waals surface area contributed by atoms with Crippen molar-refractivity contribution < 1.29 is 9.53 Å². The van der Waals surface area contributed by atoms with Crippen molar-refractivity contribution >= 4 is 39.3 Å². The van der Waals surface area contributed by atoms with Crippen LogP contribution >= 0.6 is 27.7 Å². The first-order chi connectivity index (χ1) is 9.65. The second-order valence-corrected chi connectivity index (χ2v) is 5.76. The summed E-state index contributed by atoms with van der Waals surface area (Å²) in [4.78, 5) is 13.3. The van der Waals surface area contributed by atoms with Gasteiger partial charge in [0.15, 0.2) is 0 Å². The van der Waals surface area contributed by atoms with Gasteiger partial charge < -0.3 is 10.1 Å². The number of halogens is 1. The largest absolute Gasteiger partial charge is 0.495 e. The predicted molar refractivity (Wildman–Crippen MR) is 86.9 cm³/mol. The standard InChI is InChI=1S/C15H14BrNO2S/c1-19-13-8-7-10(16)9-12(13)17-15(18)11-5-3-4-6-14(11)20-2/h3-9H,1-2H3,(H,17,18). The molecule has 0 atom stereocenters. The molecule has 3 nitrogen and oxygen atoms in total. The van der Waals surface area contributed by atoms with Crippen LogP contribution in [0.3, 0.4) is 0 Å². The summed E-state index contributed by atoms with van der Waals surface area (Å²) in [6.45, 7) is 0. The van der Waals surface area contributed by atoms with Gasteiger partial charge in [0.05, 0.1) is 18.4 Å². The Morgan fingerprint density at radius 1 is 1.25 bits per heavy atom. The molecule has 104 valence electrons. The molecule has 0 aliphatic rings. The average molecular weight is 352 g/mol. The van der Waals surface area contributed by atoms with Gasteiger partial charge in [-0.15, -0.1) is 11.8 Å². The van der Waals surface area contributed by atoms with Gasteiger partial charge in [-0.3, -0.25) is 4.79 Å². The smallest absolute Gasteiger partial charge is 0.256 e. The number of methoxy groups -OCH3 is 1. The summed E-state index contributed by atoms with van der Waals surface area (Å²) in [5, 5.41) is 2.89. The highest BCUT2D eigenvalue weighted by Gasteiger charge is 2.13. The molecular weight excluding hydrogens is 338 g/mol. The van der Waals surface area contributed by atoms with Crippen LogP contribution in [0.5, 0.6) is 5.75 Å². The third-order valence-electron chi connectivity index (χ3n) is 2.76. The van der Waals surface area contributed by atoms with Gasteiger partial charge in [0.1, 0.15) is 5.75 Å². The SMILES string of the molecule is COc1ccc(Br)cc1NC(=O)c1ccccc1SC. The molecule has 0 spiro atoms. The number of hydrogen-bond acceptors (Lipinski definition) is 3. The van der Waals surface area contributed by atoms with Crippen molar-refractivity contribution in [2.75, 3.05) is 18.7 Å². The van der Waals surface area contributed by atoms with Gasteiger partial charge in [-0.2, -0.15) is 0 Å². The molecule has 0 heterocycles. The van der Waals surface area contributed by atoms with Crippen molar-refractivity contribution in [3.63, 3.8) is 0 Å². The molecule has 20 heavy (non-hydrogen) atoms. The summed E-state index contributed by atoms with van der Waals surface area (Å²) in [5.41, 5.74) is 1.30. The van der Waals surface area contributed by atoms with Crippen molar-refractivity contribution in [3.05, 3.63) is 52.5 Å². The maximum Gasteiger partial charge on any atom is 0.256 e. The summed E-state index contributed by atoms with van der Waals surface area (Å²) >= 11 is 4.93. The third-order valence-corrected chi connectivity index (χ3v) is 4.05. The van der Waals surface area contributed by atoms with Crippen LogP contribution < -0.4 is 10.1 Å². The van der Waals surface area contributed by atoms with Gasteiger partial charge in [0.2, 0.25) is 0 Å². The molecule has 1 N–H and O–H groups in total. The van der Waals surface area contributed by atoms with E-state index in [1.807, 2.05) is 42.7 Å². The predicted octanol–water partition coefficient (Wildman–Crippen LogP) is 4.43. The Bertz CT molecular complexity index is 631. The van der Waals surface area contributed by atoms with Crippen LogP contribution in [0.2, 0.25) is 0 Å². The molecule has 0 aromatic heterocycles. The Morgan fingerprint density at radius 2 is 2.00 bits per heavy atom. The zero-order valence-electron chi connectivity index (χ0n) is 11.1. The number of carbonyl (C=O) groups is 1. The lowest BCUT2D eigenvalue weighted by Gasteiger charge is -2.12. The molecule has 0 fully saturated rings. The molecule has 0 aliphatic carbocycles. The van der Waals surface area contributed by atoms with Gasteiger partial charge in [0, 0.05) is 9.37 Å². The van der Waals surface area contributed by atoms with Gasteiger partial charge in [-0.25, -0.2) is 0 Å². The summed E-state index contributed by atoms with van der Waals surface area (Å²) in [6, 6.07) is 13.0. The highest BCUT2D eigenvalue weighted by atomic mass is 79.9. The topological polar surface area (TPSA) is 38.3 Å². The van der Waals surface area contributed by atoms with Gasteiger partial charge in [-0.05, 0) is 36.6 Å². The molecular formula is C15H14BrNO2S. The lowest BCUT2D eigenvalue weighted by molar-refractivity contribution is 0.102. The summed E-state index contributed by atoms with van der Waals surface area (Å²) in [5.74, 6) is 0.481. The van der Waals surface area contributed by atoms with Crippen molar-refractivity contribution in [1.29, 1.82) is 0 Å². The van der Waals surface area contributed by atoms with E-state index in [1.165, 1.54) is 0 Å². The van der Waals surface area contributed by atoms with Gasteiger partial charge in [0.25, 0.3) is 5.91 Å². The zero-order valence-corrected chi connectivity index (χ0v) is 13.5. The molecule has 5 heteroatoms. The van der Waals surface area contributed by atoms with Crippen LogP contribution in [0, 0.1) is 0 Å². The third kappa shape index (κ3) is 3.35. The Hall–Kier alpha value is -1.46. The number of thioether (sulfide) groups is 1. The average Bonchev–Trinajstić information content (AvgIpc) is 2.47. The minimum atomic E-state index is -0.147. The number of anilines is 1. The highest BCUT2D eigenvalue weighted by molar-refractivity contribution is 9.10. The first-order valence-corrected chi connectivity index (χ1v) is 7.95. The van der Waals surface area contributed by atoms with Crippen molar-refractivity contribution in [1.82, 2.24) is 0 Å². The fourth-order valence-electron chi connectivity index (χ4n) is 1.80. The number of carbonyl (C=O) groups excluding carboxylic acids is 1. The van der Waals surface area contributed by atoms with E-state index in [0.29, 0.717) is 17.0 Å². The monoisotopic (exact) mass is 351 g/mol. The Labute approximate surface area is 130 Å². The van der Waals surface area contributed by atoms with Gasteiger partial charge in [-0.1, -0.05) is 28.1 Å². The van der Waals surface area contributed by atoms with E-state index in [1.54, 1.807) is 24.9 Å². The Morgan fingerprint density at radius 3 is 2.70 bits per heavy atom. The highest BCUT2D eigenvalue weighted by Crippen LogP contribution is 2.29. The van der Waals surface area contributed by atoms with Crippen molar-refractivity contribution in [2.45, 2.75) is 4.90 Å². The molecule has 2 rings (SSSR count). The van der Waals surface area contributed by atoms with E-state index in [2.05, 4.69) is 21.2 Å². The molecule has 0 aliphatic heterocycles. The number of benzene rings is 2. The summed E-state index contributed by atoms with van der Waals surface area (Å²) in [6.07, 6.45) is 1.95. The summed E-state index contributed by atoms with van der Waals surface area (Å²) < 4.78 is 6.13. The fourth-order valence-corrected chi connectivity index (χ4v) is 2.76. The lowest BCUT2D eigenvalue weighted by Crippen LogP contribution is -2.13. The number of nitrogens with one attached hydrogen (secondary N) is 1. The quantitative estimate of drug-likeness (QED) is 0.828. The number of amides is 1. The minimum Gasteiger partial charge on any atom is -0.495 e. The molecule has 0 saturated heterocycles. The Balaban J connectivity index is 2.30. The molecule has 0 saturated carbocycles. The van der Waals surface area contributed by atoms with Crippen LogP contribution in [0.25, 0.3) is 0 Å². The lowest BCUT2D eigenvalue weighted by atomic mass is 10.2. The van der Waals surface area contributed by atoms with Crippen LogP contribution in [0.4, 0.5) is 5.69 Å². The second-order valence-electron chi connectivity index (χ2n) is 4.00. The van der Waals surface area contributed by atoms with E-state index < -0.39 is 0 Å². The second kappa shape index (κ2) is 6.81. The Kier molecular flexibility index (Phi) is 5.09. The van der Waals surface area contributed by atoms with Crippen LogP contribution in [0.1, 0.15) is 10.4 Å². The maximum atomic E-state index is 12.4. The minimum absolute atomic E-state index is 0.147. The molecule has 0 radical (unpaired) electrons. The fraction of sp³-hybridized carbons (Fsp3) is 0.133.